The highest BCUT2D eigenvalue weighted by molar-refractivity contribution is 5.55. The topological polar surface area (TPSA) is 35.5 Å². The van der Waals surface area contributed by atoms with Gasteiger partial charge in [0.25, 0.3) is 0 Å². The third kappa shape index (κ3) is 4.80. The summed E-state index contributed by atoms with van der Waals surface area (Å²) in [5.74, 6) is -0.233. The lowest BCUT2D eigenvalue weighted by Gasteiger charge is -2.27. The Kier molecular flexibility index (Phi) is 5.76. The lowest BCUT2D eigenvalue weighted by Crippen LogP contribution is -2.36. The SMILES string of the molecule is CCN(CCO)c1c(F)cccc1CNC(C)(C)C. The summed E-state index contributed by atoms with van der Waals surface area (Å²) in [6.45, 7) is 9.95. The van der Waals surface area contributed by atoms with Crippen LogP contribution < -0.4 is 10.2 Å². The molecule has 0 amide bonds. The molecule has 1 rings (SSSR count). The number of anilines is 1. The van der Waals surface area contributed by atoms with Gasteiger partial charge in [-0.1, -0.05) is 12.1 Å². The zero-order valence-electron chi connectivity index (χ0n) is 12.3. The van der Waals surface area contributed by atoms with Crippen LogP contribution in [0.3, 0.4) is 0 Å². The van der Waals surface area contributed by atoms with Gasteiger partial charge in [-0.05, 0) is 39.3 Å². The fraction of sp³-hybridized carbons (Fsp3) is 0.600. The fourth-order valence-corrected chi connectivity index (χ4v) is 1.97. The van der Waals surface area contributed by atoms with Gasteiger partial charge >= 0.3 is 0 Å². The van der Waals surface area contributed by atoms with Crippen molar-refractivity contribution < 1.29 is 9.50 Å². The lowest BCUT2D eigenvalue weighted by atomic mass is 10.1. The first kappa shape index (κ1) is 15.9. The molecule has 108 valence electrons. The number of nitrogens with zero attached hydrogens (tertiary/aromatic N) is 1. The molecule has 19 heavy (non-hydrogen) atoms. The van der Waals surface area contributed by atoms with Crippen LogP contribution in [0.1, 0.15) is 33.3 Å². The quantitative estimate of drug-likeness (QED) is 0.832. The maximum absolute atomic E-state index is 14.1. The van der Waals surface area contributed by atoms with Crippen molar-refractivity contribution in [1.82, 2.24) is 5.32 Å². The molecule has 0 atom stereocenters. The van der Waals surface area contributed by atoms with Gasteiger partial charge in [0.2, 0.25) is 0 Å². The summed E-state index contributed by atoms with van der Waals surface area (Å²) in [6.07, 6.45) is 0. The molecular weight excluding hydrogens is 243 g/mol. The van der Waals surface area contributed by atoms with Crippen LogP contribution in [0.2, 0.25) is 0 Å². The Labute approximate surface area is 115 Å². The van der Waals surface area contributed by atoms with Crippen molar-refractivity contribution in [1.29, 1.82) is 0 Å². The second-order valence-electron chi connectivity index (χ2n) is 5.65. The van der Waals surface area contributed by atoms with E-state index in [1.54, 1.807) is 6.07 Å². The summed E-state index contributed by atoms with van der Waals surface area (Å²) in [7, 11) is 0. The molecule has 0 saturated heterocycles. The number of hydrogen-bond donors (Lipinski definition) is 2. The Morgan fingerprint density at radius 3 is 2.53 bits per heavy atom. The summed E-state index contributed by atoms with van der Waals surface area (Å²) in [4.78, 5) is 1.87. The van der Waals surface area contributed by atoms with Gasteiger partial charge in [-0.15, -0.1) is 0 Å². The third-order valence-electron chi connectivity index (χ3n) is 2.95. The van der Waals surface area contributed by atoms with Crippen molar-refractivity contribution in [3.8, 4) is 0 Å². The summed E-state index contributed by atoms with van der Waals surface area (Å²) in [5.41, 5.74) is 1.50. The maximum Gasteiger partial charge on any atom is 0.146 e. The Balaban J connectivity index is 3.00. The minimum absolute atomic E-state index is 0.0163. The normalized spacial score (nSPS) is 11.7. The number of benzene rings is 1. The number of rotatable bonds is 6. The zero-order chi connectivity index (χ0) is 14.5. The largest absolute Gasteiger partial charge is 0.395 e. The van der Waals surface area contributed by atoms with Crippen molar-refractivity contribution in [3.05, 3.63) is 29.6 Å². The lowest BCUT2D eigenvalue weighted by molar-refractivity contribution is 0.302. The smallest absolute Gasteiger partial charge is 0.146 e. The van der Waals surface area contributed by atoms with Gasteiger partial charge in [0.15, 0.2) is 0 Å². The predicted octanol–water partition coefficient (Wildman–Crippen LogP) is 2.53. The van der Waals surface area contributed by atoms with Gasteiger partial charge in [-0.3, -0.25) is 0 Å². The predicted molar refractivity (Wildman–Crippen MR) is 78.0 cm³/mol. The van der Waals surface area contributed by atoms with Crippen LogP contribution in [0.15, 0.2) is 18.2 Å². The number of nitrogens with one attached hydrogen (secondary N) is 1. The molecule has 2 N–H and O–H groups in total. The van der Waals surface area contributed by atoms with Crippen LogP contribution in [-0.2, 0) is 6.54 Å². The molecule has 0 unspecified atom stereocenters. The van der Waals surface area contributed by atoms with Gasteiger partial charge in [-0.25, -0.2) is 4.39 Å². The molecule has 0 aliphatic heterocycles. The van der Waals surface area contributed by atoms with Crippen LogP contribution in [0.5, 0.6) is 0 Å². The van der Waals surface area contributed by atoms with E-state index in [0.717, 1.165) is 5.56 Å². The van der Waals surface area contributed by atoms with Gasteiger partial charge in [-0.2, -0.15) is 0 Å². The molecule has 0 radical (unpaired) electrons. The molecule has 0 fully saturated rings. The molecule has 0 aliphatic rings. The molecular formula is C15H25FN2O. The number of hydrogen-bond acceptors (Lipinski definition) is 3. The monoisotopic (exact) mass is 268 g/mol. The van der Waals surface area contributed by atoms with E-state index in [2.05, 4.69) is 26.1 Å². The highest BCUT2D eigenvalue weighted by atomic mass is 19.1. The molecule has 0 spiro atoms. The second-order valence-corrected chi connectivity index (χ2v) is 5.65. The average molecular weight is 268 g/mol. The van der Waals surface area contributed by atoms with Crippen molar-refractivity contribution in [2.24, 2.45) is 0 Å². The van der Waals surface area contributed by atoms with E-state index in [1.165, 1.54) is 6.07 Å². The fourth-order valence-electron chi connectivity index (χ4n) is 1.97. The summed E-state index contributed by atoms with van der Waals surface area (Å²) in [6, 6.07) is 5.12. The Morgan fingerprint density at radius 2 is 2.00 bits per heavy atom. The summed E-state index contributed by atoms with van der Waals surface area (Å²) < 4.78 is 14.1. The van der Waals surface area contributed by atoms with E-state index < -0.39 is 0 Å². The number of aliphatic hydroxyl groups excluding tert-OH is 1. The molecule has 1 aromatic carbocycles. The molecule has 0 aliphatic carbocycles. The Bertz CT molecular complexity index is 402. The molecule has 0 heterocycles. The Morgan fingerprint density at radius 1 is 1.32 bits per heavy atom. The molecule has 0 aromatic heterocycles. The number of para-hydroxylation sites is 1. The van der Waals surface area contributed by atoms with Crippen molar-refractivity contribution in [2.75, 3.05) is 24.6 Å². The van der Waals surface area contributed by atoms with Crippen LogP contribution >= 0.6 is 0 Å². The number of likely N-dealkylation sites (N-methyl/N-ethyl adjacent to an activating group) is 1. The van der Waals surface area contributed by atoms with Crippen molar-refractivity contribution >= 4 is 5.69 Å². The third-order valence-corrected chi connectivity index (χ3v) is 2.95. The van der Waals surface area contributed by atoms with Crippen molar-refractivity contribution in [3.63, 3.8) is 0 Å². The van der Waals surface area contributed by atoms with Crippen LogP contribution in [0.4, 0.5) is 10.1 Å². The first-order valence-electron chi connectivity index (χ1n) is 6.77. The van der Waals surface area contributed by atoms with E-state index >= 15 is 0 Å². The number of aliphatic hydroxyl groups is 1. The molecule has 1 aromatic rings. The first-order valence-corrected chi connectivity index (χ1v) is 6.77. The zero-order valence-corrected chi connectivity index (χ0v) is 12.3. The average Bonchev–Trinajstić information content (AvgIpc) is 2.33. The van der Waals surface area contributed by atoms with E-state index in [4.69, 9.17) is 5.11 Å². The molecule has 4 heteroatoms. The van der Waals surface area contributed by atoms with E-state index in [1.807, 2.05) is 17.9 Å². The van der Waals surface area contributed by atoms with E-state index in [0.29, 0.717) is 25.3 Å². The first-order chi connectivity index (χ1) is 8.89. The minimum Gasteiger partial charge on any atom is -0.395 e. The van der Waals surface area contributed by atoms with E-state index in [-0.39, 0.29) is 18.0 Å². The maximum atomic E-state index is 14.1. The summed E-state index contributed by atoms with van der Waals surface area (Å²) in [5, 5.41) is 12.5. The van der Waals surface area contributed by atoms with Gasteiger partial charge < -0.3 is 15.3 Å². The minimum atomic E-state index is -0.233. The van der Waals surface area contributed by atoms with E-state index in [9.17, 15) is 4.39 Å². The molecule has 0 saturated carbocycles. The van der Waals surface area contributed by atoms with Gasteiger partial charge in [0, 0.05) is 25.2 Å². The van der Waals surface area contributed by atoms with Gasteiger partial charge in [0.1, 0.15) is 5.82 Å². The van der Waals surface area contributed by atoms with Crippen LogP contribution in [0.25, 0.3) is 0 Å². The summed E-state index contributed by atoms with van der Waals surface area (Å²) >= 11 is 0. The van der Waals surface area contributed by atoms with Gasteiger partial charge in [0.05, 0.1) is 12.3 Å². The second kappa shape index (κ2) is 6.87. The van der Waals surface area contributed by atoms with Crippen LogP contribution in [-0.4, -0.2) is 30.3 Å². The number of halogens is 1. The van der Waals surface area contributed by atoms with Crippen molar-refractivity contribution in [2.45, 2.75) is 39.8 Å². The Hall–Kier alpha value is -1.13. The standard InChI is InChI=1S/C15H25FN2O/c1-5-18(9-10-19)14-12(7-6-8-13(14)16)11-17-15(2,3)4/h6-8,17,19H,5,9-11H2,1-4H3. The molecule has 0 bridgehead atoms. The molecule has 3 nitrogen and oxygen atoms in total. The highest BCUT2D eigenvalue weighted by Crippen LogP contribution is 2.24. The van der Waals surface area contributed by atoms with Crippen LogP contribution in [0, 0.1) is 5.82 Å². The highest BCUT2D eigenvalue weighted by Gasteiger charge is 2.16.